The SMILES string of the molecule is OC[C@]12CCOC[C@H]1CN(Cc1ccc(OC3CCCC3)cc1)C2. The molecule has 0 spiro atoms. The second-order valence-corrected chi connectivity index (χ2v) is 7.88. The molecule has 0 unspecified atom stereocenters. The van der Waals surface area contributed by atoms with Crippen LogP contribution >= 0.6 is 0 Å². The van der Waals surface area contributed by atoms with Crippen LogP contribution in [-0.4, -0.2) is 49.0 Å². The number of benzene rings is 1. The molecule has 1 aromatic carbocycles. The Balaban J connectivity index is 1.35. The highest BCUT2D eigenvalue weighted by molar-refractivity contribution is 5.27. The Kier molecular flexibility index (Phi) is 4.79. The van der Waals surface area contributed by atoms with Crippen LogP contribution in [0.2, 0.25) is 0 Å². The van der Waals surface area contributed by atoms with Gasteiger partial charge in [-0.25, -0.2) is 0 Å². The summed E-state index contributed by atoms with van der Waals surface area (Å²) in [5, 5.41) is 9.91. The molecule has 1 aromatic rings. The van der Waals surface area contributed by atoms with E-state index in [0.717, 1.165) is 45.0 Å². The Labute approximate surface area is 144 Å². The van der Waals surface area contributed by atoms with Crippen LogP contribution in [0.1, 0.15) is 37.7 Å². The van der Waals surface area contributed by atoms with Crippen LogP contribution in [0.5, 0.6) is 5.75 Å². The molecule has 24 heavy (non-hydrogen) atoms. The van der Waals surface area contributed by atoms with Crippen LogP contribution in [-0.2, 0) is 11.3 Å². The second kappa shape index (κ2) is 7.03. The summed E-state index contributed by atoms with van der Waals surface area (Å²) >= 11 is 0. The maximum absolute atomic E-state index is 9.91. The minimum absolute atomic E-state index is 0.0593. The molecule has 2 atom stereocenters. The molecular formula is C20H29NO3. The fraction of sp³-hybridized carbons (Fsp3) is 0.700. The van der Waals surface area contributed by atoms with Crippen molar-refractivity contribution in [2.24, 2.45) is 11.3 Å². The number of nitrogens with zero attached hydrogens (tertiary/aromatic N) is 1. The van der Waals surface area contributed by atoms with Gasteiger partial charge < -0.3 is 14.6 Å². The molecule has 3 aliphatic rings. The maximum atomic E-state index is 9.91. The van der Waals surface area contributed by atoms with Crippen molar-refractivity contribution in [3.05, 3.63) is 29.8 Å². The van der Waals surface area contributed by atoms with Crippen molar-refractivity contribution in [2.75, 3.05) is 32.9 Å². The lowest BCUT2D eigenvalue weighted by Crippen LogP contribution is -2.41. The molecule has 4 nitrogen and oxygen atoms in total. The highest BCUT2D eigenvalue weighted by Crippen LogP contribution is 2.42. The van der Waals surface area contributed by atoms with Crippen molar-refractivity contribution in [3.8, 4) is 5.75 Å². The molecule has 132 valence electrons. The van der Waals surface area contributed by atoms with E-state index in [1.165, 1.54) is 31.2 Å². The van der Waals surface area contributed by atoms with E-state index in [9.17, 15) is 5.11 Å². The van der Waals surface area contributed by atoms with Gasteiger partial charge >= 0.3 is 0 Å². The molecule has 1 saturated carbocycles. The first-order valence-electron chi connectivity index (χ1n) is 9.44. The zero-order valence-corrected chi connectivity index (χ0v) is 14.5. The number of fused-ring (bicyclic) bond motifs is 1. The number of hydrogen-bond acceptors (Lipinski definition) is 4. The van der Waals surface area contributed by atoms with E-state index < -0.39 is 0 Å². The minimum atomic E-state index is 0.0593. The van der Waals surface area contributed by atoms with Crippen LogP contribution in [0.4, 0.5) is 0 Å². The summed E-state index contributed by atoms with van der Waals surface area (Å²) in [6.45, 7) is 4.83. The monoisotopic (exact) mass is 331 g/mol. The normalized spacial score (nSPS) is 31.3. The van der Waals surface area contributed by atoms with E-state index in [2.05, 4.69) is 29.2 Å². The third kappa shape index (κ3) is 3.32. The summed E-state index contributed by atoms with van der Waals surface area (Å²) in [4.78, 5) is 2.47. The van der Waals surface area contributed by atoms with Gasteiger partial charge in [0.25, 0.3) is 0 Å². The zero-order valence-electron chi connectivity index (χ0n) is 14.5. The van der Waals surface area contributed by atoms with Gasteiger partial charge in [-0.2, -0.15) is 0 Å². The van der Waals surface area contributed by atoms with E-state index in [1.54, 1.807) is 0 Å². The van der Waals surface area contributed by atoms with Gasteiger partial charge in [0.05, 0.1) is 19.3 Å². The fourth-order valence-corrected chi connectivity index (χ4v) is 4.67. The minimum Gasteiger partial charge on any atom is -0.490 e. The number of aliphatic hydroxyl groups is 1. The van der Waals surface area contributed by atoms with Gasteiger partial charge in [-0.15, -0.1) is 0 Å². The lowest BCUT2D eigenvalue weighted by atomic mass is 9.75. The van der Waals surface area contributed by atoms with Gasteiger partial charge in [0.2, 0.25) is 0 Å². The third-order valence-electron chi connectivity index (χ3n) is 6.20. The molecule has 4 heteroatoms. The van der Waals surface area contributed by atoms with E-state index in [1.807, 2.05) is 0 Å². The summed E-state index contributed by atoms with van der Waals surface area (Å²) in [5.41, 5.74) is 1.38. The predicted octanol–water partition coefficient (Wildman–Crippen LogP) is 2.84. The summed E-state index contributed by atoms with van der Waals surface area (Å²) in [7, 11) is 0. The number of ether oxygens (including phenoxy) is 2. The van der Waals surface area contributed by atoms with Crippen molar-refractivity contribution < 1.29 is 14.6 Å². The summed E-state index contributed by atoms with van der Waals surface area (Å²) in [5.74, 6) is 1.47. The standard InChI is InChI=1S/C20H29NO3/c22-15-20-9-10-23-13-17(20)12-21(14-20)11-16-5-7-19(8-6-16)24-18-3-1-2-4-18/h5-8,17-18,22H,1-4,9-15H2/t17-,20-/m1/s1. The van der Waals surface area contributed by atoms with Crippen LogP contribution in [0, 0.1) is 11.3 Å². The first-order chi connectivity index (χ1) is 11.8. The van der Waals surface area contributed by atoms with Crippen molar-refractivity contribution in [1.29, 1.82) is 0 Å². The third-order valence-corrected chi connectivity index (χ3v) is 6.20. The van der Waals surface area contributed by atoms with E-state index >= 15 is 0 Å². The fourth-order valence-electron chi connectivity index (χ4n) is 4.67. The molecule has 0 aromatic heterocycles. The van der Waals surface area contributed by atoms with Crippen LogP contribution in [0.25, 0.3) is 0 Å². The van der Waals surface area contributed by atoms with Crippen LogP contribution in [0.15, 0.2) is 24.3 Å². The van der Waals surface area contributed by atoms with Gasteiger partial charge in [-0.1, -0.05) is 12.1 Å². The van der Waals surface area contributed by atoms with Crippen molar-refractivity contribution in [3.63, 3.8) is 0 Å². The Bertz CT molecular complexity index is 540. The van der Waals surface area contributed by atoms with Gasteiger partial charge in [-0.05, 0) is 49.8 Å². The summed E-state index contributed by atoms with van der Waals surface area (Å²) in [6, 6.07) is 8.60. The summed E-state index contributed by atoms with van der Waals surface area (Å²) < 4.78 is 11.7. The largest absolute Gasteiger partial charge is 0.490 e. The average Bonchev–Trinajstić information content (AvgIpc) is 3.24. The lowest BCUT2D eigenvalue weighted by Gasteiger charge is -2.36. The average molecular weight is 331 g/mol. The van der Waals surface area contributed by atoms with Crippen LogP contribution < -0.4 is 4.74 Å². The number of rotatable bonds is 5. The number of hydrogen-bond donors (Lipinski definition) is 1. The molecular weight excluding hydrogens is 302 g/mol. The molecule has 1 aliphatic carbocycles. The van der Waals surface area contributed by atoms with Gasteiger partial charge in [0.1, 0.15) is 5.75 Å². The Morgan fingerprint density at radius 2 is 2.00 bits per heavy atom. The molecule has 3 fully saturated rings. The molecule has 2 aliphatic heterocycles. The van der Waals surface area contributed by atoms with E-state index in [-0.39, 0.29) is 12.0 Å². The second-order valence-electron chi connectivity index (χ2n) is 7.88. The zero-order chi connectivity index (χ0) is 16.4. The smallest absolute Gasteiger partial charge is 0.119 e. The van der Waals surface area contributed by atoms with Crippen molar-refractivity contribution in [1.82, 2.24) is 4.90 Å². The topological polar surface area (TPSA) is 41.9 Å². The molecule has 2 saturated heterocycles. The van der Waals surface area contributed by atoms with Crippen LogP contribution in [0.3, 0.4) is 0 Å². The molecule has 1 N–H and O–H groups in total. The van der Waals surface area contributed by atoms with Crippen molar-refractivity contribution in [2.45, 2.75) is 44.8 Å². The van der Waals surface area contributed by atoms with Crippen molar-refractivity contribution >= 4 is 0 Å². The van der Waals surface area contributed by atoms with Gasteiger partial charge in [0, 0.05) is 37.6 Å². The highest BCUT2D eigenvalue weighted by atomic mass is 16.5. The Morgan fingerprint density at radius 3 is 2.71 bits per heavy atom. The predicted molar refractivity (Wildman–Crippen MR) is 93.0 cm³/mol. The quantitative estimate of drug-likeness (QED) is 0.901. The Hall–Kier alpha value is -1.10. The summed E-state index contributed by atoms with van der Waals surface area (Å²) in [6.07, 6.45) is 6.40. The maximum Gasteiger partial charge on any atom is 0.119 e. The first-order valence-corrected chi connectivity index (χ1v) is 9.44. The molecule has 0 radical (unpaired) electrons. The van der Waals surface area contributed by atoms with E-state index in [0.29, 0.717) is 12.0 Å². The van der Waals surface area contributed by atoms with E-state index in [4.69, 9.17) is 9.47 Å². The number of aliphatic hydroxyl groups excluding tert-OH is 1. The molecule has 2 heterocycles. The first kappa shape index (κ1) is 16.4. The molecule has 0 bridgehead atoms. The number of likely N-dealkylation sites (tertiary alicyclic amines) is 1. The Morgan fingerprint density at radius 1 is 1.21 bits per heavy atom. The van der Waals surface area contributed by atoms with Gasteiger partial charge in [-0.3, -0.25) is 4.90 Å². The lowest BCUT2D eigenvalue weighted by molar-refractivity contribution is -0.0417. The molecule has 0 amide bonds. The highest BCUT2D eigenvalue weighted by Gasteiger charge is 2.47. The van der Waals surface area contributed by atoms with Gasteiger partial charge in [0.15, 0.2) is 0 Å². The molecule has 4 rings (SSSR count).